The number of ether oxygens (including phenoxy) is 1. The van der Waals surface area contributed by atoms with Crippen LogP contribution in [0.25, 0.3) is 0 Å². The molecule has 9 nitrogen and oxygen atoms in total. The van der Waals surface area contributed by atoms with Crippen molar-refractivity contribution in [3.8, 4) is 11.5 Å². The first-order valence-electron chi connectivity index (χ1n) is 11.8. The van der Waals surface area contributed by atoms with E-state index in [0.717, 1.165) is 36.7 Å². The Morgan fingerprint density at radius 3 is 2.22 bits per heavy atom. The van der Waals surface area contributed by atoms with Crippen LogP contribution in [0.4, 0.5) is 8.78 Å². The molecule has 4 rings (SSSR count). The van der Waals surface area contributed by atoms with Crippen LogP contribution in [0.1, 0.15) is 19.3 Å². The van der Waals surface area contributed by atoms with Crippen LogP contribution in [0.5, 0.6) is 11.5 Å². The Kier molecular flexibility index (Phi) is 8.32. The van der Waals surface area contributed by atoms with Crippen LogP contribution in [0.3, 0.4) is 0 Å². The molecular formula is C24H27ClF2N4O5S. The highest BCUT2D eigenvalue weighted by molar-refractivity contribution is 7.89. The molecule has 0 aliphatic carbocycles. The van der Waals surface area contributed by atoms with Gasteiger partial charge in [0, 0.05) is 24.7 Å². The molecule has 37 heavy (non-hydrogen) atoms. The number of rotatable bonds is 7. The highest BCUT2D eigenvalue weighted by Gasteiger charge is 2.41. The second kappa shape index (κ2) is 11.3. The van der Waals surface area contributed by atoms with Crippen LogP contribution in [0.15, 0.2) is 41.3 Å². The highest BCUT2D eigenvalue weighted by Crippen LogP contribution is 2.32. The van der Waals surface area contributed by atoms with Crippen LogP contribution in [0, 0.1) is 11.6 Å². The minimum absolute atomic E-state index is 0.0123. The number of nitrogens with zero attached hydrogens (tertiary/aromatic N) is 3. The fourth-order valence-corrected chi connectivity index (χ4v) is 6.19. The van der Waals surface area contributed by atoms with Crippen molar-refractivity contribution in [3.05, 3.63) is 53.1 Å². The number of piperidine rings is 1. The summed E-state index contributed by atoms with van der Waals surface area (Å²) in [4.78, 5) is 27.7. The number of hydrogen-bond acceptors (Lipinski definition) is 6. The first-order valence-corrected chi connectivity index (χ1v) is 13.6. The monoisotopic (exact) mass is 556 g/mol. The molecule has 2 saturated heterocycles. The fraction of sp³-hybridized carbons (Fsp3) is 0.417. The molecule has 2 heterocycles. The molecule has 0 saturated carbocycles. The van der Waals surface area contributed by atoms with Crippen molar-refractivity contribution >= 4 is 33.4 Å². The van der Waals surface area contributed by atoms with Gasteiger partial charge in [-0.25, -0.2) is 17.2 Å². The summed E-state index contributed by atoms with van der Waals surface area (Å²) in [6, 6.07) is 5.58. The maximum Gasteiger partial charge on any atom is 0.244 e. The molecule has 1 atom stereocenters. The Morgan fingerprint density at radius 1 is 1.00 bits per heavy atom. The summed E-state index contributed by atoms with van der Waals surface area (Å²) in [6.45, 7) is 1.28. The zero-order chi connectivity index (χ0) is 26.7. The Morgan fingerprint density at radius 2 is 1.62 bits per heavy atom. The van der Waals surface area contributed by atoms with Gasteiger partial charge >= 0.3 is 0 Å². The first kappa shape index (κ1) is 27.2. The van der Waals surface area contributed by atoms with Gasteiger partial charge in [-0.15, -0.1) is 0 Å². The van der Waals surface area contributed by atoms with Gasteiger partial charge in [-0.2, -0.15) is 4.31 Å². The second-order valence-electron chi connectivity index (χ2n) is 8.98. The Labute approximate surface area is 218 Å². The van der Waals surface area contributed by atoms with Gasteiger partial charge in [0.25, 0.3) is 0 Å². The summed E-state index contributed by atoms with van der Waals surface area (Å²) in [6.07, 6.45) is 3.11. The summed E-state index contributed by atoms with van der Waals surface area (Å²) in [5.41, 5.74) is 5.49. The maximum atomic E-state index is 14.8. The van der Waals surface area contributed by atoms with E-state index in [0.29, 0.717) is 17.2 Å². The molecule has 2 aromatic rings. The van der Waals surface area contributed by atoms with Crippen molar-refractivity contribution in [2.24, 2.45) is 5.73 Å². The largest absolute Gasteiger partial charge is 0.451 e. The predicted octanol–water partition coefficient (Wildman–Crippen LogP) is 2.58. The lowest BCUT2D eigenvalue weighted by Crippen LogP contribution is -2.61. The van der Waals surface area contributed by atoms with Crippen molar-refractivity contribution in [2.45, 2.75) is 30.2 Å². The minimum atomic E-state index is -4.54. The smallest absolute Gasteiger partial charge is 0.244 e. The maximum absolute atomic E-state index is 14.8. The van der Waals surface area contributed by atoms with Crippen LogP contribution in [-0.4, -0.2) is 79.6 Å². The SMILES string of the molecule is NC(=O)[C@H]1CN(C(=O)CN2CCCCC2)CCN1S(=O)(=O)c1cc(F)c(Oc2ccc(Cl)cc2)c(F)c1. The number of benzene rings is 2. The number of hydrogen-bond donors (Lipinski definition) is 1. The van der Waals surface area contributed by atoms with E-state index < -0.39 is 44.3 Å². The molecule has 0 unspecified atom stereocenters. The van der Waals surface area contributed by atoms with E-state index >= 15 is 0 Å². The molecule has 2 amide bonds. The lowest BCUT2D eigenvalue weighted by atomic mass is 10.1. The zero-order valence-electron chi connectivity index (χ0n) is 19.9. The van der Waals surface area contributed by atoms with Crippen LogP contribution >= 0.6 is 11.6 Å². The van der Waals surface area contributed by atoms with Gasteiger partial charge < -0.3 is 15.4 Å². The summed E-state index contributed by atoms with van der Waals surface area (Å²) >= 11 is 5.79. The molecule has 0 aromatic heterocycles. The molecular weight excluding hydrogens is 530 g/mol. The Balaban J connectivity index is 1.52. The number of carbonyl (C=O) groups excluding carboxylic acids is 2. The minimum Gasteiger partial charge on any atom is -0.451 e. The Bertz CT molecular complexity index is 1250. The predicted molar refractivity (Wildman–Crippen MR) is 132 cm³/mol. The molecule has 2 N–H and O–H groups in total. The van der Waals surface area contributed by atoms with E-state index in [9.17, 15) is 26.8 Å². The standard InChI is InChI=1S/C24H27ClF2N4O5S/c25-16-4-6-17(7-5-16)36-23-19(26)12-18(13-20(23)27)37(34,35)31-11-10-30(14-21(31)24(28)33)22(32)15-29-8-2-1-3-9-29/h4-7,12-13,21H,1-3,8-11,14-15H2,(H2,28,33)/t21-/m1/s1. The van der Waals surface area contributed by atoms with Gasteiger partial charge in [-0.1, -0.05) is 18.0 Å². The van der Waals surface area contributed by atoms with E-state index in [1.165, 1.54) is 29.2 Å². The number of sulfonamides is 1. The van der Waals surface area contributed by atoms with Gasteiger partial charge in [-0.05, 0) is 62.3 Å². The summed E-state index contributed by atoms with van der Waals surface area (Å²) in [7, 11) is -4.54. The van der Waals surface area contributed by atoms with E-state index in [2.05, 4.69) is 0 Å². The van der Waals surface area contributed by atoms with Crippen molar-refractivity contribution in [1.82, 2.24) is 14.1 Å². The van der Waals surface area contributed by atoms with Crippen LogP contribution < -0.4 is 10.5 Å². The van der Waals surface area contributed by atoms with E-state index in [4.69, 9.17) is 22.1 Å². The third kappa shape index (κ3) is 6.20. The number of nitrogens with two attached hydrogens (primary N) is 1. The molecule has 2 aromatic carbocycles. The molecule has 2 fully saturated rings. The highest BCUT2D eigenvalue weighted by atomic mass is 35.5. The number of halogens is 3. The summed E-state index contributed by atoms with van der Waals surface area (Å²) in [5.74, 6) is -4.40. The Hall–Kier alpha value is -2.80. The third-order valence-corrected chi connectivity index (χ3v) is 8.57. The van der Waals surface area contributed by atoms with Gasteiger partial charge in [0.15, 0.2) is 17.4 Å². The molecule has 2 aliphatic rings. The first-order chi connectivity index (χ1) is 17.6. The normalized spacial score (nSPS) is 19.5. The number of likely N-dealkylation sites (tertiary alicyclic amines) is 1. The number of amides is 2. The summed E-state index contributed by atoms with van der Waals surface area (Å²) in [5, 5.41) is 0.395. The average molecular weight is 557 g/mol. The lowest BCUT2D eigenvalue weighted by molar-refractivity contribution is -0.136. The lowest BCUT2D eigenvalue weighted by Gasteiger charge is -2.39. The van der Waals surface area contributed by atoms with Gasteiger partial charge in [0.05, 0.1) is 11.4 Å². The molecule has 13 heteroatoms. The van der Waals surface area contributed by atoms with Crippen molar-refractivity contribution < 1.29 is 31.5 Å². The van der Waals surface area contributed by atoms with Crippen molar-refractivity contribution in [2.75, 3.05) is 39.3 Å². The van der Waals surface area contributed by atoms with Crippen LogP contribution in [-0.2, 0) is 19.6 Å². The molecule has 0 spiro atoms. The van der Waals surface area contributed by atoms with E-state index in [1.807, 2.05) is 4.90 Å². The quantitative estimate of drug-likeness (QED) is 0.561. The topological polar surface area (TPSA) is 113 Å². The number of primary amides is 1. The van der Waals surface area contributed by atoms with E-state index in [-0.39, 0.29) is 37.8 Å². The summed E-state index contributed by atoms with van der Waals surface area (Å²) < 4.78 is 62.3. The van der Waals surface area contributed by atoms with Gasteiger partial charge in [0.2, 0.25) is 21.8 Å². The van der Waals surface area contributed by atoms with Crippen LogP contribution in [0.2, 0.25) is 5.02 Å². The molecule has 0 bridgehead atoms. The average Bonchev–Trinajstić information content (AvgIpc) is 2.87. The second-order valence-corrected chi connectivity index (χ2v) is 11.3. The number of piperazine rings is 1. The third-order valence-electron chi connectivity index (χ3n) is 6.43. The molecule has 2 aliphatic heterocycles. The van der Waals surface area contributed by atoms with Gasteiger partial charge in [-0.3, -0.25) is 14.5 Å². The number of carbonyl (C=O) groups is 2. The van der Waals surface area contributed by atoms with Crippen molar-refractivity contribution in [3.63, 3.8) is 0 Å². The fourth-order valence-electron chi connectivity index (χ4n) is 4.46. The zero-order valence-corrected chi connectivity index (χ0v) is 21.5. The van der Waals surface area contributed by atoms with Gasteiger partial charge in [0.1, 0.15) is 11.8 Å². The molecule has 0 radical (unpaired) electrons. The van der Waals surface area contributed by atoms with E-state index in [1.54, 1.807) is 0 Å². The molecule has 200 valence electrons. The van der Waals surface area contributed by atoms with Crippen molar-refractivity contribution in [1.29, 1.82) is 0 Å².